The monoisotopic (exact) mass is 1450 g/mol. The number of hydrogen-bond acceptors (Lipinski definition) is 16. The highest BCUT2D eigenvalue weighted by Crippen LogP contribution is 2.35. The van der Waals surface area contributed by atoms with Crippen LogP contribution in [0.1, 0.15) is 47.8 Å². The van der Waals surface area contributed by atoms with Gasteiger partial charge in [-0.15, -0.1) is 0 Å². The van der Waals surface area contributed by atoms with E-state index in [0.717, 1.165) is 107 Å². The summed E-state index contributed by atoms with van der Waals surface area (Å²) in [6, 6.07) is 49.1. The number of hydrogen-bond donors (Lipinski definition) is 7. The quantitative estimate of drug-likeness (QED) is 0.0393. The molecule has 0 bridgehead atoms. The number of carbonyl (C=O) groups is 3. The minimum atomic E-state index is -3.54. The van der Waals surface area contributed by atoms with Crippen LogP contribution in [0.5, 0.6) is 0 Å². The highest BCUT2D eigenvalue weighted by Gasteiger charge is 2.28. The average molecular weight is 1450 g/mol. The molecule has 0 saturated carbocycles. The molecular weight excluding hydrogens is 1400 g/mol. The first kappa shape index (κ1) is 63.1. The minimum absolute atomic E-state index is 0.0368. The fourth-order valence-electron chi connectivity index (χ4n) is 11.9. The number of morpholine rings is 1. The number of ether oxygens (including phenoxy) is 1. The number of nitrogens with zero attached hydrogens (tertiary/aromatic N) is 7. The number of fused-ring (bicyclic) bond motifs is 6. The molecule has 0 unspecified atom stereocenters. The van der Waals surface area contributed by atoms with E-state index in [1.54, 1.807) is 91.4 Å². The lowest BCUT2D eigenvalue weighted by Crippen LogP contribution is -2.40. The van der Waals surface area contributed by atoms with Gasteiger partial charge in [0.2, 0.25) is 27.1 Å². The molecular formula is C68H57IN14O10S3. The summed E-state index contributed by atoms with van der Waals surface area (Å²) in [5.41, 5.74) is 17.8. The van der Waals surface area contributed by atoms with E-state index in [0.29, 0.717) is 57.1 Å². The van der Waals surface area contributed by atoms with E-state index in [4.69, 9.17) is 4.74 Å². The SMILES string of the molecule is CNS(=O)(=O)c1ccc(Nc2ccc(-c3ccc4c(c3)CNC4=O)n3ccnc23)cc1.O=C1NCc2cc(-c3ccc(Nc4ccc(S(=O)(=O)I)cc4)c4nccn34)ccc21.O=C1NCc2cc(-c3ccc(Nc4ccc(S(=O)(=O)N5CCOCC5)cc4)c4nccn34)ccc21. The summed E-state index contributed by atoms with van der Waals surface area (Å²) in [5.74, 6) is -0.115. The summed E-state index contributed by atoms with van der Waals surface area (Å²) < 4.78 is 87.8. The average Bonchev–Trinajstić information content (AvgIpc) is 1.56. The van der Waals surface area contributed by atoms with Crippen molar-refractivity contribution in [3.05, 3.63) is 234 Å². The van der Waals surface area contributed by atoms with Crippen molar-refractivity contribution in [3.63, 3.8) is 0 Å². The zero-order valence-corrected chi connectivity index (χ0v) is 55.4. The van der Waals surface area contributed by atoms with Crippen LogP contribution in [-0.2, 0) is 51.4 Å². The van der Waals surface area contributed by atoms with Crippen molar-refractivity contribution in [2.24, 2.45) is 0 Å². The van der Waals surface area contributed by atoms with Gasteiger partial charge in [-0.05, 0) is 186 Å². The number of carbonyl (C=O) groups excluding carboxylic acids is 3. The second-order valence-electron chi connectivity index (χ2n) is 22.5. The standard InChI is InChI=1S/C25H23N5O4S.C22H19N5O3S.C21H15IN4O3S/c31-25-21-6-1-17(15-18(21)16-27-25)23-8-7-22(24-26-9-10-30(23)24)28-19-2-4-20(5-3-19)35(32,33)29-11-13-34-14-12-29;1-23-31(29,30)17-5-3-16(4-6-17)26-19-8-9-20(27-11-10-24-21(19)27)14-2-7-18-15(12-14)13-25-22(18)28;22-30(28,29)16-4-2-15(3-5-16)25-18-7-8-19(26-10-9-23-20(18)26)13-1-6-17-14(11-13)12-24-21(17)27/h1-10,15,28H,11-14,16H2,(H,27,31);2-12,23,26H,13H2,1H3,(H,25,28);1-11,25H,12H2,(H,24,27). The van der Waals surface area contributed by atoms with Crippen molar-refractivity contribution in [2.45, 2.75) is 34.3 Å². The number of nitrogens with one attached hydrogen (secondary N) is 7. The zero-order chi connectivity index (χ0) is 66.5. The summed E-state index contributed by atoms with van der Waals surface area (Å²) in [6.07, 6.45) is 10.9. The van der Waals surface area contributed by atoms with Gasteiger partial charge < -0.3 is 36.6 Å². The van der Waals surface area contributed by atoms with Gasteiger partial charge in [0.1, 0.15) is 0 Å². The van der Waals surface area contributed by atoms with Crippen LogP contribution >= 0.6 is 21.2 Å². The maximum atomic E-state index is 12.9. The van der Waals surface area contributed by atoms with Crippen LogP contribution in [0.2, 0.25) is 0 Å². The summed E-state index contributed by atoms with van der Waals surface area (Å²) in [7, 11) is -8.90. The molecule has 7 N–H and O–H groups in total. The van der Waals surface area contributed by atoms with Gasteiger partial charge >= 0.3 is 0 Å². The summed E-state index contributed by atoms with van der Waals surface area (Å²) in [5, 5.41) is 18.5. The Labute approximate surface area is 562 Å². The number of pyridine rings is 3. The Bertz CT molecular complexity index is 5450. The van der Waals surface area contributed by atoms with Crippen LogP contribution in [0.15, 0.2) is 216 Å². The molecule has 1 saturated heterocycles. The van der Waals surface area contributed by atoms with Crippen molar-refractivity contribution in [1.29, 1.82) is 0 Å². The number of imidazole rings is 3. The predicted molar refractivity (Wildman–Crippen MR) is 372 cm³/mol. The number of sulfonamides is 2. The molecule has 0 aliphatic carbocycles. The van der Waals surface area contributed by atoms with E-state index >= 15 is 0 Å². The van der Waals surface area contributed by atoms with Crippen LogP contribution in [-0.4, -0.2) is 109 Å². The Morgan fingerprint density at radius 1 is 0.438 bits per heavy atom. The molecule has 28 heteroatoms. The van der Waals surface area contributed by atoms with Crippen molar-refractivity contribution in [2.75, 3.05) is 49.3 Å². The van der Waals surface area contributed by atoms with Crippen LogP contribution in [0.4, 0.5) is 34.1 Å². The first-order valence-corrected chi connectivity index (χ1v) is 37.0. The lowest BCUT2D eigenvalue weighted by molar-refractivity contribution is 0.0730. The minimum Gasteiger partial charge on any atom is -0.379 e. The number of amides is 3. The second kappa shape index (κ2) is 25.8. The second-order valence-corrected chi connectivity index (χ2v) is 31.2. The molecule has 24 nitrogen and oxygen atoms in total. The molecule has 4 aliphatic heterocycles. The Kier molecular flexibility index (Phi) is 16.9. The Hall–Kier alpha value is -10.3. The molecule has 10 heterocycles. The van der Waals surface area contributed by atoms with Crippen LogP contribution in [0, 0.1) is 0 Å². The molecule has 16 rings (SSSR count). The maximum absolute atomic E-state index is 12.9. The van der Waals surface area contributed by atoms with Crippen LogP contribution in [0.3, 0.4) is 0 Å². The number of benzene rings is 6. The third kappa shape index (κ3) is 12.5. The lowest BCUT2D eigenvalue weighted by Gasteiger charge is -2.26. The molecule has 6 aromatic heterocycles. The lowest BCUT2D eigenvalue weighted by atomic mass is 10.0. The number of aromatic nitrogens is 6. The third-order valence-electron chi connectivity index (χ3n) is 16.8. The van der Waals surface area contributed by atoms with Gasteiger partial charge in [-0.2, -0.15) is 4.31 Å². The van der Waals surface area contributed by atoms with Gasteiger partial charge in [0.15, 0.2) is 16.9 Å². The van der Waals surface area contributed by atoms with Gasteiger partial charge in [0.25, 0.3) is 17.7 Å². The molecule has 3 amide bonds. The van der Waals surface area contributed by atoms with E-state index in [1.165, 1.54) is 32.6 Å². The molecule has 12 aromatic rings. The first-order chi connectivity index (χ1) is 46.4. The van der Waals surface area contributed by atoms with Gasteiger partial charge in [0, 0.05) is 104 Å². The fraction of sp³-hybridized carbons (Fsp3) is 0.118. The van der Waals surface area contributed by atoms with Crippen molar-refractivity contribution in [1.82, 2.24) is 53.1 Å². The molecule has 4 aliphatic rings. The molecule has 1 fully saturated rings. The van der Waals surface area contributed by atoms with E-state index in [-0.39, 0.29) is 32.4 Å². The van der Waals surface area contributed by atoms with E-state index in [9.17, 15) is 39.6 Å². The molecule has 6 aromatic carbocycles. The molecule has 484 valence electrons. The van der Waals surface area contributed by atoms with E-state index in [2.05, 4.69) is 51.6 Å². The van der Waals surface area contributed by atoms with Gasteiger partial charge in [0.05, 0.1) is 83.2 Å². The molecule has 96 heavy (non-hydrogen) atoms. The van der Waals surface area contributed by atoms with Crippen molar-refractivity contribution >= 4 is 117 Å². The van der Waals surface area contributed by atoms with E-state index < -0.39 is 27.1 Å². The molecule has 0 radical (unpaired) electrons. The molecule has 0 atom stereocenters. The normalized spacial score (nSPS) is 14.4. The van der Waals surface area contributed by atoms with Gasteiger partial charge in [-0.3, -0.25) is 27.6 Å². The predicted octanol–water partition coefficient (Wildman–Crippen LogP) is 10.0. The fourth-order valence-corrected chi connectivity index (χ4v) is 15.3. The highest BCUT2D eigenvalue weighted by molar-refractivity contribution is 14.2. The number of anilines is 6. The van der Waals surface area contributed by atoms with Gasteiger partial charge in [-0.25, -0.2) is 44.9 Å². The smallest absolute Gasteiger partial charge is 0.251 e. The summed E-state index contributed by atoms with van der Waals surface area (Å²) in [6.45, 7) is 3.16. The van der Waals surface area contributed by atoms with Crippen molar-refractivity contribution in [3.8, 4) is 33.8 Å². The van der Waals surface area contributed by atoms with Crippen molar-refractivity contribution < 1.29 is 44.4 Å². The first-order valence-electron chi connectivity index (χ1n) is 30.1. The highest BCUT2D eigenvalue weighted by atomic mass is 127. The summed E-state index contributed by atoms with van der Waals surface area (Å²) >= 11 is 1.43. The Morgan fingerprint density at radius 2 is 0.781 bits per heavy atom. The molecule has 0 spiro atoms. The Morgan fingerprint density at radius 3 is 1.12 bits per heavy atom. The van der Waals surface area contributed by atoms with Crippen LogP contribution in [0.25, 0.3) is 50.7 Å². The summed E-state index contributed by atoms with van der Waals surface area (Å²) in [4.78, 5) is 49.7. The number of halogens is 1. The van der Waals surface area contributed by atoms with E-state index in [1.807, 2.05) is 123 Å². The largest absolute Gasteiger partial charge is 0.379 e. The number of rotatable bonds is 14. The van der Waals surface area contributed by atoms with Gasteiger partial charge in [-0.1, -0.05) is 18.2 Å². The Balaban J connectivity index is 0.000000124. The topological polar surface area (TPSA) is 302 Å². The zero-order valence-electron chi connectivity index (χ0n) is 50.8. The maximum Gasteiger partial charge on any atom is 0.251 e. The third-order valence-corrected chi connectivity index (χ3v) is 22.5. The van der Waals surface area contributed by atoms with Crippen LogP contribution < -0.4 is 36.6 Å².